The van der Waals surface area contributed by atoms with Gasteiger partial charge >= 0.3 is 5.97 Å². The Hall–Kier alpha value is -1.82. The number of nitrogens with two attached hydrogens (primary N) is 1. The number of rotatable bonds is 4. The van der Waals surface area contributed by atoms with Crippen LogP contribution in [0.15, 0.2) is 18.3 Å². The molecule has 82 valence electrons. The van der Waals surface area contributed by atoms with Gasteiger partial charge in [0.05, 0.1) is 0 Å². The second kappa shape index (κ2) is 4.61. The zero-order valence-electron chi connectivity index (χ0n) is 8.30. The highest BCUT2D eigenvalue weighted by atomic mass is 16.4. The average molecular weight is 211 g/mol. The standard InChI is InChI=1S/C9H13N3O3/c1-12-4-2-3-7(12)8(13)11-5-6(10)9(14)15/h2-4,6H,5,10H2,1H3,(H,11,13)(H,14,15). The van der Waals surface area contributed by atoms with Crippen molar-refractivity contribution in [2.24, 2.45) is 12.8 Å². The van der Waals surface area contributed by atoms with Crippen LogP contribution in [0, 0.1) is 0 Å². The van der Waals surface area contributed by atoms with Crippen LogP contribution in [0.25, 0.3) is 0 Å². The maximum absolute atomic E-state index is 11.5. The second-order valence-electron chi connectivity index (χ2n) is 3.16. The number of aromatic nitrogens is 1. The third-order valence-electron chi connectivity index (χ3n) is 1.98. The maximum atomic E-state index is 11.5. The molecule has 0 fully saturated rings. The Labute approximate surface area is 86.7 Å². The van der Waals surface area contributed by atoms with E-state index in [0.29, 0.717) is 5.69 Å². The van der Waals surface area contributed by atoms with E-state index >= 15 is 0 Å². The number of carboxylic acid groups (broad SMARTS) is 1. The zero-order chi connectivity index (χ0) is 11.4. The van der Waals surface area contributed by atoms with Crippen LogP contribution in [0.4, 0.5) is 0 Å². The van der Waals surface area contributed by atoms with Crippen LogP contribution in [0.2, 0.25) is 0 Å². The van der Waals surface area contributed by atoms with Gasteiger partial charge in [0.1, 0.15) is 11.7 Å². The highest BCUT2D eigenvalue weighted by molar-refractivity contribution is 5.93. The molecule has 0 bridgehead atoms. The van der Waals surface area contributed by atoms with Gasteiger partial charge in [-0.3, -0.25) is 9.59 Å². The van der Waals surface area contributed by atoms with Gasteiger partial charge in [0.25, 0.3) is 5.91 Å². The smallest absolute Gasteiger partial charge is 0.322 e. The first-order chi connectivity index (χ1) is 7.02. The first-order valence-electron chi connectivity index (χ1n) is 4.40. The number of nitrogens with zero attached hydrogens (tertiary/aromatic N) is 1. The van der Waals surface area contributed by atoms with Crippen molar-refractivity contribution < 1.29 is 14.7 Å². The molecule has 1 heterocycles. The molecule has 0 radical (unpaired) electrons. The molecule has 0 spiro atoms. The summed E-state index contributed by atoms with van der Waals surface area (Å²) in [6, 6.07) is 2.29. The monoisotopic (exact) mass is 211 g/mol. The maximum Gasteiger partial charge on any atom is 0.322 e. The minimum absolute atomic E-state index is 0.0840. The van der Waals surface area contributed by atoms with Gasteiger partial charge in [0.15, 0.2) is 0 Å². The van der Waals surface area contributed by atoms with E-state index in [1.54, 1.807) is 29.9 Å². The molecular weight excluding hydrogens is 198 g/mol. The number of aliphatic carboxylic acids is 1. The van der Waals surface area contributed by atoms with E-state index in [0.717, 1.165) is 0 Å². The summed E-state index contributed by atoms with van der Waals surface area (Å²) in [7, 11) is 1.73. The fourth-order valence-electron chi connectivity index (χ4n) is 1.08. The van der Waals surface area contributed by atoms with Gasteiger partial charge in [0, 0.05) is 19.8 Å². The van der Waals surface area contributed by atoms with Crippen molar-refractivity contribution in [3.8, 4) is 0 Å². The molecule has 1 atom stereocenters. The number of carbonyl (C=O) groups is 2. The Morgan fingerprint density at radius 2 is 2.33 bits per heavy atom. The van der Waals surface area contributed by atoms with E-state index in [-0.39, 0.29) is 12.5 Å². The number of carbonyl (C=O) groups excluding carboxylic acids is 1. The molecule has 1 unspecified atom stereocenters. The predicted octanol–water partition coefficient (Wildman–Crippen LogP) is -0.833. The molecule has 0 aliphatic carbocycles. The van der Waals surface area contributed by atoms with Gasteiger partial charge < -0.3 is 20.7 Å². The molecule has 1 aromatic heterocycles. The van der Waals surface area contributed by atoms with Crippen molar-refractivity contribution in [3.63, 3.8) is 0 Å². The van der Waals surface area contributed by atoms with Gasteiger partial charge in [-0.2, -0.15) is 0 Å². The third kappa shape index (κ3) is 2.81. The van der Waals surface area contributed by atoms with Crippen LogP contribution in [-0.2, 0) is 11.8 Å². The van der Waals surface area contributed by atoms with E-state index in [4.69, 9.17) is 10.8 Å². The van der Waals surface area contributed by atoms with Gasteiger partial charge in [-0.25, -0.2) is 0 Å². The number of aryl methyl sites for hydroxylation is 1. The van der Waals surface area contributed by atoms with Crippen LogP contribution < -0.4 is 11.1 Å². The van der Waals surface area contributed by atoms with Crippen LogP contribution >= 0.6 is 0 Å². The third-order valence-corrected chi connectivity index (χ3v) is 1.98. The Morgan fingerprint density at radius 3 is 2.80 bits per heavy atom. The lowest BCUT2D eigenvalue weighted by Crippen LogP contribution is -2.42. The molecule has 15 heavy (non-hydrogen) atoms. The molecule has 1 aromatic rings. The fraction of sp³-hybridized carbons (Fsp3) is 0.333. The lowest BCUT2D eigenvalue weighted by Gasteiger charge is -2.08. The van der Waals surface area contributed by atoms with Crippen LogP contribution in [0.3, 0.4) is 0 Å². The van der Waals surface area contributed by atoms with Gasteiger partial charge in [-0.1, -0.05) is 0 Å². The Bertz CT molecular complexity index is 372. The summed E-state index contributed by atoms with van der Waals surface area (Å²) in [5.74, 6) is -1.47. The number of carboxylic acids is 1. The predicted molar refractivity (Wildman–Crippen MR) is 53.4 cm³/mol. The highest BCUT2D eigenvalue weighted by Crippen LogP contribution is 1.98. The van der Waals surface area contributed by atoms with Crippen LogP contribution in [-0.4, -0.2) is 34.1 Å². The molecule has 0 aliphatic heterocycles. The minimum atomic E-state index is -1.14. The van der Waals surface area contributed by atoms with E-state index in [9.17, 15) is 9.59 Å². The minimum Gasteiger partial charge on any atom is -0.480 e. The van der Waals surface area contributed by atoms with E-state index < -0.39 is 12.0 Å². The molecule has 0 saturated heterocycles. The zero-order valence-corrected chi connectivity index (χ0v) is 8.30. The Balaban J connectivity index is 2.51. The first kappa shape index (κ1) is 11.3. The summed E-state index contributed by atoms with van der Waals surface area (Å²) in [6.45, 7) is -0.0840. The Kier molecular flexibility index (Phi) is 3.46. The summed E-state index contributed by atoms with van der Waals surface area (Å²) in [5, 5.41) is 10.9. The topological polar surface area (TPSA) is 97.4 Å². The van der Waals surface area contributed by atoms with Crippen molar-refractivity contribution >= 4 is 11.9 Å². The van der Waals surface area contributed by atoms with Crippen molar-refractivity contribution in [2.45, 2.75) is 6.04 Å². The largest absolute Gasteiger partial charge is 0.480 e. The van der Waals surface area contributed by atoms with Crippen molar-refractivity contribution in [1.82, 2.24) is 9.88 Å². The molecule has 0 aromatic carbocycles. The summed E-state index contributed by atoms with van der Waals surface area (Å²) in [6.07, 6.45) is 1.73. The van der Waals surface area contributed by atoms with Gasteiger partial charge in [-0.05, 0) is 12.1 Å². The van der Waals surface area contributed by atoms with Crippen molar-refractivity contribution in [3.05, 3.63) is 24.0 Å². The number of nitrogens with one attached hydrogen (secondary N) is 1. The van der Waals surface area contributed by atoms with Crippen LogP contribution in [0.5, 0.6) is 0 Å². The lowest BCUT2D eigenvalue weighted by molar-refractivity contribution is -0.138. The summed E-state index contributed by atoms with van der Waals surface area (Å²) >= 11 is 0. The van der Waals surface area contributed by atoms with Crippen LogP contribution in [0.1, 0.15) is 10.5 Å². The molecule has 1 amide bonds. The van der Waals surface area contributed by atoms with Crippen molar-refractivity contribution in [2.75, 3.05) is 6.54 Å². The lowest BCUT2D eigenvalue weighted by atomic mass is 10.3. The first-order valence-corrected chi connectivity index (χ1v) is 4.40. The normalized spacial score (nSPS) is 12.1. The molecule has 1 rings (SSSR count). The highest BCUT2D eigenvalue weighted by Gasteiger charge is 2.14. The van der Waals surface area contributed by atoms with Gasteiger partial charge in [-0.15, -0.1) is 0 Å². The number of amides is 1. The number of hydrogen-bond acceptors (Lipinski definition) is 3. The van der Waals surface area contributed by atoms with E-state index in [1.807, 2.05) is 0 Å². The Morgan fingerprint density at radius 1 is 1.67 bits per heavy atom. The molecule has 0 saturated carbocycles. The van der Waals surface area contributed by atoms with Gasteiger partial charge in [0.2, 0.25) is 0 Å². The molecule has 4 N–H and O–H groups in total. The molecular formula is C9H13N3O3. The summed E-state index contributed by atoms with van der Waals surface area (Å²) in [5.41, 5.74) is 5.70. The van der Waals surface area contributed by atoms with E-state index in [2.05, 4.69) is 5.32 Å². The summed E-state index contributed by atoms with van der Waals surface area (Å²) < 4.78 is 1.64. The average Bonchev–Trinajstić information content (AvgIpc) is 2.60. The SMILES string of the molecule is Cn1cccc1C(=O)NCC(N)C(=O)O. The fourth-order valence-corrected chi connectivity index (χ4v) is 1.08. The van der Waals surface area contributed by atoms with Crippen molar-refractivity contribution in [1.29, 1.82) is 0 Å². The number of hydrogen-bond donors (Lipinski definition) is 3. The quantitative estimate of drug-likeness (QED) is 0.605. The molecule has 0 aliphatic rings. The molecule has 6 nitrogen and oxygen atoms in total. The second-order valence-corrected chi connectivity index (χ2v) is 3.16. The molecule has 6 heteroatoms. The van der Waals surface area contributed by atoms with E-state index in [1.165, 1.54) is 0 Å². The summed E-state index contributed by atoms with van der Waals surface area (Å²) in [4.78, 5) is 21.9.